The Morgan fingerprint density at radius 3 is 2.57 bits per heavy atom. The van der Waals surface area contributed by atoms with Crippen LogP contribution in [0.4, 0.5) is 0 Å². The van der Waals surface area contributed by atoms with Crippen LogP contribution in [-0.4, -0.2) is 41.6 Å². The molecule has 1 saturated heterocycles. The Labute approximate surface area is 179 Å². The Kier molecular flexibility index (Phi) is 7.04. The van der Waals surface area contributed by atoms with E-state index in [0.29, 0.717) is 27.3 Å². The van der Waals surface area contributed by atoms with Gasteiger partial charge in [-0.2, -0.15) is 0 Å². The molecule has 1 aliphatic heterocycles. The SMILES string of the molecule is COc1cc(/C=C2/SC(=S)N(C)C2=O)ccc1OCCSc1ccc(C)cc1. The van der Waals surface area contributed by atoms with E-state index in [0.717, 1.165) is 11.3 Å². The van der Waals surface area contributed by atoms with E-state index in [1.165, 1.54) is 27.1 Å². The van der Waals surface area contributed by atoms with E-state index < -0.39 is 0 Å². The molecule has 1 amide bonds. The monoisotopic (exact) mass is 431 g/mol. The highest BCUT2D eigenvalue weighted by Crippen LogP contribution is 2.34. The van der Waals surface area contributed by atoms with Gasteiger partial charge >= 0.3 is 0 Å². The molecular weight excluding hydrogens is 410 g/mol. The number of carbonyl (C=O) groups is 1. The summed E-state index contributed by atoms with van der Waals surface area (Å²) in [5, 5.41) is 0. The third-order valence-electron chi connectivity index (χ3n) is 4.10. The van der Waals surface area contributed by atoms with Crippen LogP contribution in [0.2, 0.25) is 0 Å². The van der Waals surface area contributed by atoms with Crippen molar-refractivity contribution in [2.24, 2.45) is 0 Å². The molecule has 0 N–H and O–H groups in total. The van der Waals surface area contributed by atoms with Gasteiger partial charge < -0.3 is 9.47 Å². The second-order valence-corrected chi connectivity index (χ2v) is 9.01. The van der Waals surface area contributed by atoms with Gasteiger partial charge in [0.2, 0.25) is 0 Å². The van der Waals surface area contributed by atoms with Crippen molar-refractivity contribution in [1.29, 1.82) is 0 Å². The standard InChI is InChI=1S/C21H21NO3S3/c1-14-4-7-16(8-5-14)27-11-10-25-17-9-6-15(12-18(17)24-3)13-19-20(23)22(2)21(26)28-19/h4-9,12-13H,10-11H2,1-3H3/b19-13+. The number of hydrogen-bond donors (Lipinski definition) is 0. The minimum absolute atomic E-state index is 0.0811. The van der Waals surface area contributed by atoms with Crippen molar-refractivity contribution < 1.29 is 14.3 Å². The molecule has 1 heterocycles. The van der Waals surface area contributed by atoms with Gasteiger partial charge in [0.25, 0.3) is 5.91 Å². The third kappa shape index (κ3) is 5.10. The molecule has 7 heteroatoms. The van der Waals surface area contributed by atoms with Gasteiger partial charge in [-0.05, 0) is 42.8 Å². The van der Waals surface area contributed by atoms with Crippen molar-refractivity contribution in [3.8, 4) is 11.5 Å². The van der Waals surface area contributed by atoms with E-state index in [1.807, 2.05) is 24.3 Å². The zero-order chi connectivity index (χ0) is 20.1. The second kappa shape index (κ2) is 9.49. The van der Waals surface area contributed by atoms with Crippen molar-refractivity contribution in [3.05, 3.63) is 58.5 Å². The van der Waals surface area contributed by atoms with Gasteiger partial charge in [-0.15, -0.1) is 11.8 Å². The highest BCUT2D eigenvalue weighted by molar-refractivity contribution is 8.26. The smallest absolute Gasteiger partial charge is 0.265 e. The van der Waals surface area contributed by atoms with Crippen molar-refractivity contribution in [2.45, 2.75) is 11.8 Å². The minimum atomic E-state index is -0.0811. The second-order valence-electron chi connectivity index (χ2n) is 6.16. The summed E-state index contributed by atoms with van der Waals surface area (Å²) in [6.45, 7) is 2.65. The van der Waals surface area contributed by atoms with Crippen LogP contribution >= 0.6 is 35.7 Å². The summed E-state index contributed by atoms with van der Waals surface area (Å²) in [4.78, 5) is 15.5. The maximum Gasteiger partial charge on any atom is 0.265 e. The Morgan fingerprint density at radius 2 is 1.93 bits per heavy atom. The minimum Gasteiger partial charge on any atom is -0.493 e. The number of nitrogens with zero attached hydrogens (tertiary/aromatic N) is 1. The van der Waals surface area contributed by atoms with E-state index >= 15 is 0 Å². The molecule has 0 aliphatic carbocycles. The molecule has 0 radical (unpaired) electrons. The lowest BCUT2D eigenvalue weighted by molar-refractivity contribution is -0.121. The third-order valence-corrected chi connectivity index (χ3v) is 6.56. The zero-order valence-electron chi connectivity index (χ0n) is 15.9. The molecule has 0 spiro atoms. The molecule has 1 aliphatic rings. The molecule has 3 rings (SSSR count). The van der Waals surface area contributed by atoms with Crippen LogP contribution < -0.4 is 9.47 Å². The fourth-order valence-corrected chi connectivity index (χ4v) is 4.45. The summed E-state index contributed by atoms with van der Waals surface area (Å²) >= 11 is 8.22. The van der Waals surface area contributed by atoms with Gasteiger partial charge in [0.15, 0.2) is 11.5 Å². The van der Waals surface area contributed by atoms with Crippen molar-refractivity contribution in [2.75, 3.05) is 26.5 Å². The highest BCUT2D eigenvalue weighted by atomic mass is 32.2. The highest BCUT2D eigenvalue weighted by Gasteiger charge is 2.28. The number of hydrogen-bond acceptors (Lipinski definition) is 6. The van der Waals surface area contributed by atoms with Gasteiger partial charge in [-0.25, -0.2) is 0 Å². The number of thioether (sulfide) groups is 2. The normalized spacial score (nSPS) is 15.4. The average Bonchev–Trinajstić information content (AvgIpc) is 2.94. The number of amides is 1. The Morgan fingerprint density at radius 1 is 1.18 bits per heavy atom. The van der Waals surface area contributed by atoms with Crippen LogP contribution in [0.25, 0.3) is 6.08 Å². The predicted octanol–water partition coefficient (Wildman–Crippen LogP) is 5.01. The largest absolute Gasteiger partial charge is 0.493 e. The summed E-state index contributed by atoms with van der Waals surface area (Å²) in [6.07, 6.45) is 1.82. The van der Waals surface area contributed by atoms with E-state index in [4.69, 9.17) is 21.7 Å². The molecule has 146 valence electrons. The lowest BCUT2D eigenvalue weighted by Gasteiger charge is -2.11. The number of aryl methyl sites for hydroxylation is 1. The number of methoxy groups -OCH3 is 1. The van der Waals surface area contributed by atoms with E-state index in [2.05, 4.69) is 31.2 Å². The first-order valence-electron chi connectivity index (χ1n) is 8.70. The molecular formula is C21H21NO3S3. The van der Waals surface area contributed by atoms with Gasteiger partial charge in [-0.1, -0.05) is 47.7 Å². The van der Waals surface area contributed by atoms with E-state index in [9.17, 15) is 4.79 Å². The number of likely N-dealkylation sites (N-methyl/N-ethyl adjacent to an activating group) is 1. The number of ether oxygens (including phenoxy) is 2. The first kappa shape index (κ1) is 20.8. The summed E-state index contributed by atoms with van der Waals surface area (Å²) in [6, 6.07) is 14.1. The lowest BCUT2D eigenvalue weighted by Crippen LogP contribution is -2.22. The molecule has 0 unspecified atom stereocenters. The zero-order valence-corrected chi connectivity index (χ0v) is 18.4. The molecule has 4 nitrogen and oxygen atoms in total. The van der Waals surface area contributed by atoms with Crippen LogP contribution in [-0.2, 0) is 4.79 Å². The van der Waals surface area contributed by atoms with Crippen LogP contribution in [0.5, 0.6) is 11.5 Å². The summed E-state index contributed by atoms with van der Waals surface area (Å²) in [5.41, 5.74) is 2.12. The molecule has 0 aromatic heterocycles. The van der Waals surface area contributed by atoms with Crippen molar-refractivity contribution in [1.82, 2.24) is 4.90 Å². The van der Waals surface area contributed by atoms with Crippen molar-refractivity contribution >= 4 is 52.0 Å². The molecule has 0 atom stereocenters. The van der Waals surface area contributed by atoms with Gasteiger partial charge in [0.05, 0.1) is 18.6 Å². The predicted molar refractivity (Wildman–Crippen MR) is 121 cm³/mol. The lowest BCUT2D eigenvalue weighted by atomic mass is 10.2. The number of benzene rings is 2. The molecule has 28 heavy (non-hydrogen) atoms. The Balaban J connectivity index is 1.61. The summed E-state index contributed by atoms with van der Waals surface area (Å²) in [5.74, 6) is 2.09. The topological polar surface area (TPSA) is 38.8 Å². The van der Waals surface area contributed by atoms with Crippen molar-refractivity contribution in [3.63, 3.8) is 0 Å². The molecule has 0 saturated carbocycles. The fourth-order valence-electron chi connectivity index (χ4n) is 2.54. The van der Waals surface area contributed by atoms with Crippen LogP contribution in [0.15, 0.2) is 52.3 Å². The average molecular weight is 432 g/mol. The number of thiocarbonyl (C=S) groups is 1. The molecule has 0 bridgehead atoms. The quantitative estimate of drug-likeness (QED) is 0.266. The number of carbonyl (C=O) groups excluding carboxylic acids is 1. The van der Waals surface area contributed by atoms with Crippen LogP contribution in [0, 0.1) is 6.92 Å². The van der Waals surface area contributed by atoms with E-state index in [1.54, 1.807) is 25.9 Å². The Hall–Kier alpha value is -1.96. The first-order valence-corrected chi connectivity index (χ1v) is 10.9. The van der Waals surface area contributed by atoms with Gasteiger partial charge in [-0.3, -0.25) is 9.69 Å². The molecule has 2 aromatic carbocycles. The first-order chi connectivity index (χ1) is 13.5. The van der Waals surface area contributed by atoms with Gasteiger partial charge in [0, 0.05) is 17.7 Å². The fraction of sp³-hybridized carbons (Fsp3) is 0.238. The van der Waals surface area contributed by atoms with Gasteiger partial charge in [0.1, 0.15) is 4.32 Å². The maximum absolute atomic E-state index is 12.1. The van der Waals surface area contributed by atoms with E-state index in [-0.39, 0.29) is 5.91 Å². The summed E-state index contributed by atoms with van der Waals surface area (Å²) in [7, 11) is 3.29. The van der Waals surface area contributed by atoms with Crippen LogP contribution in [0.3, 0.4) is 0 Å². The number of rotatable bonds is 7. The van der Waals surface area contributed by atoms with Crippen LogP contribution in [0.1, 0.15) is 11.1 Å². The maximum atomic E-state index is 12.1. The Bertz CT molecular complexity index is 910. The summed E-state index contributed by atoms with van der Waals surface area (Å²) < 4.78 is 11.9. The molecule has 2 aromatic rings. The molecule has 1 fully saturated rings.